The van der Waals surface area contributed by atoms with Crippen LogP contribution in [0.15, 0.2) is 0 Å². The van der Waals surface area contributed by atoms with Gasteiger partial charge in [-0.3, -0.25) is 4.79 Å². The fourth-order valence-electron chi connectivity index (χ4n) is 1.69. The van der Waals surface area contributed by atoms with Gasteiger partial charge in [0.15, 0.2) is 0 Å². The predicted molar refractivity (Wildman–Crippen MR) is 78.5 cm³/mol. The van der Waals surface area contributed by atoms with Gasteiger partial charge in [0.1, 0.15) is 0 Å². The Morgan fingerprint density at radius 3 is 1.88 bits per heavy atom. The summed E-state index contributed by atoms with van der Waals surface area (Å²) in [5.41, 5.74) is 0. The number of carbonyl (C=O) groups is 1. The van der Waals surface area contributed by atoms with E-state index in [0.717, 1.165) is 12.8 Å². The number of unbranched alkanes of at least 4 members (excludes halogenated alkanes) is 7. The summed E-state index contributed by atoms with van der Waals surface area (Å²) in [6, 6.07) is 0. The molecule has 0 rings (SSSR count). The lowest BCUT2D eigenvalue weighted by Crippen LogP contribution is -2.22. The van der Waals surface area contributed by atoms with Crippen LogP contribution in [-0.2, 0) is 4.79 Å². The van der Waals surface area contributed by atoms with Crippen molar-refractivity contribution in [2.24, 2.45) is 0 Å². The number of rotatable bonds is 10. The number of alkyl halides is 1. The van der Waals surface area contributed by atoms with Crippen molar-refractivity contribution in [2.75, 3.05) is 0 Å². The van der Waals surface area contributed by atoms with Crippen molar-refractivity contribution in [1.82, 2.24) is 0 Å². The minimum atomic E-state index is -0.366. The minimum Gasteiger partial charge on any atom is -0.285 e. The van der Waals surface area contributed by atoms with Crippen LogP contribution in [0.1, 0.15) is 71.6 Å². The average Bonchev–Trinajstić information content (AvgIpc) is 2.21. The molecule has 0 aliphatic heterocycles. The van der Waals surface area contributed by atoms with Crippen LogP contribution in [0.25, 0.3) is 0 Å². The van der Waals surface area contributed by atoms with Gasteiger partial charge in [-0.2, -0.15) is 0 Å². The van der Waals surface area contributed by atoms with Crippen LogP contribution < -0.4 is 0 Å². The Morgan fingerprint density at radius 2 is 1.44 bits per heavy atom. The van der Waals surface area contributed by atoms with Crippen molar-refractivity contribution in [3.05, 3.63) is 0 Å². The maximum atomic E-state index is 11.2. The Kier molecular flexibility index (Phi) is 10.0. The summed E-state index contributed by atoms with van der Waals surface area (Å²) in [5, 5.41) is 0. The summed E-state index contributed by atoms with van der Waals surface area (Å²) in [6.07, 6.45) is 11.4. The van der Waals surface area contributed by atoms with Gasteiger partial charge < -0.3 is 0 Å². The molecule has 1 atom stereocenters. The highest BCUT2D eigenvalue weighted by Gasteiger charge is 2.26. The first-order chi connectivity index (χ1) is 7.50. The largest absolute Gasteiger partial charge is 0.285 e. The second kappa shape index (κ2) is 9.64. The van der Waals surface area contributed by atoms with Gasteiger partial charge in [-0.25, -0.2) is 0 Å². The van der Waals surface area contributed by atoms with Crippen LogP contribution in [0.2, 0.25) is 0 Å². The SMILES string of the molecule is CCCCCCCCCCC(C)(Br)C(=O)Br. The topological polar surface area (TPSA) is 17.1 Å². The zero-order valence-electron chi connectivity index (χ0n) is 10.5. The van der Waals surface area contributed by atoms with Gasteiger partial charge in [-0.15, -0.1) is 0 Å². The predicted octanol–water partition coefficient (Wildman–Crippen LogP) is 5.59. The standard InChI is InChI=1S/C13H24Br2O/c1-3-4-5-6-7-8-9-10-11-13(2,15)12(14)16/h3-11H2,1-2H3. The molecule has 0 aliphatic carbocycles. The molecule has 96 valence electrons. The highest BCUT2D eigenvalue weighted by atomic mass is 79.9. The molecule has 3 heteroatoms. The quantitative estimate of drug-likeness (QED) is 0.283. The molecule has 0 saturated carbocycles. The van der Waals surface area contributed by atoms with Gasteiger partial charge in [0.2, 0.25) is 4.69 Å². The molecule has 0 bridgehead atoms. The van der Waals surface area contributed by atoms with Crippen LogP contribution in [0.4, 0.5) is 0 Å². The maximum absolute atomic E-state index is 11.2. The first-order valence-electron chi connectivity index (χ1n) is 6.39. The zero-order valence-corrected chi connectivity index (χ0v) is 13.7. The van der Waals surface area contributed by atoms with Gasteiger partial charge >= 0.3 is 0 Å². The molecule has 16 heavy (non-hydrogen) atoms. The van der Waals surface area contributed by atoms with Crippen LogP contribution >= 0.6 is 31.9 Å². The van der Waals surface area contributed by atoms with E-state index < -0.39 is 0 Å². The molecule has 1 nitrogen and oxygen atoms in total. The lowest BCUT2D eigenvalue weighted by Gasteiger charge is -2.16. The third-order valence-electron chi connectivity index (χ3n) is 2.91. The second-order valence-electron chi connectivity index (χ2n) is 4.70. The van der Waals surface area contributed by atoms with Crippen molar-refractivity contribution < 1.29 is 4.79 Å². The van der Waals surface area contributed by atoms with E-state index in [2.05, 4.69) is 38.8 Å². The highest BCUT2D eigenvalue weighted by Crippen LogP contribution is 2.28. The molecule has 0 amide bonds. The smallest absolute Gasteiger partial charge is 0.214 e. The fraction of sp³-hybridized carbons (Fsp3) is 0.923. The summed E-state index contributed by atoms with van der Waals surface area (Å²) in [7, 11) is 0. The molecule has 0 aromatic heterocycles. The van der Waals surface area contributed by atoms with Crippen molar-refractivity contribution in [3.63, 3.8) is 0 Å². The molecule has 1 unspecified atom stereocenters. The Hall–Kier alpha value is 0.630. The van der Waals surface area contributed by atoms with E-state index in [1.54, 1.807) is 0 Å². The monoisotopic (exact) mass is 354 g/mol. The Balaban J connectivity index is 3.30. The average molecular weight is 356 g/mol. The lowest BCUT2D eigenvalue weighted by atomic mass is 10.0. The van der Waals surface area contributed by atoms with E-state index in [4.69, 9.17) is 0 Å². The summed E-state index contributed by atoms with van der Waals surface area (Å²) < 4.78 is -0.308. The molecule has 0 aromatic carbocycles. The summed E-state index contributed by atoms with van der Waals surface area (Å²) >= 11 is 6.47. The number of carbonyl (C=O) groups excluding carboxylic acids is 1. The van der Waals surface area contributed by atoms with Crippen LogP contribution in [0, 0.1) is 0 Å². The number of halogens is 2. The van der Waals surface area contributed by atoms with Crippen LogP contribution in [0.5, 0.6) is 0 Å². The first kappa shape index (κ1) is 16.6. The van der Waals surface area contributed by atoms with Crippen molar-refractivity contribution in [1.29, 1.82) is 0 Å². The Labute approximate surface area is 117 Å². The number of hydrogen-bond donors (Lipinski definition) is 0. The first-order valence-corrected chi connectivity index (χ1v) is 7.98. The molecular weight excluding hydrogens is 332 g/mol. The number of hydrogen-bond acceptors (Lipinski definition) is 1. The van der Waals surface area contributed by atoms with Crippen molar-refractivity contribution >= 4 is 36.6 Å². The molecule has 0 aromatic rings. The highest BCUT2D eigenvalue weighted by molar-refractivity contribution is 9.20. The summed E-state index contributed by atoms with van der Waals surface area (Å²) in [4.78, 5) is 11.2. The van der Waals surface area contributed by atoms with Gasteiger partial charge in [0.05, 0.1) is 4.32 Å². The second-order valence-corrected chi connectivity index (χ2v) is 7.17. The van der Waals surface area contributed by atoms with E-state index in [0.29, 0.717) is 0 Å². The molecular formula is C13H24Br2O. The van der Waals surface area contributed by atoms with E-state index in [9.17, 15) is 4.79 Å². The van der Waals surface area contributed by atoms with Gasteiger partial charge in [-0.1, -0.05) is 74.2 Å². The summed E-state index contributed by atoms with van der Waals surface area (Å²) in [5.74, 6) is 0. The van der Waals surface area contributed by atoms with E-state index in [1.807, 2.05) is 6.92 Å². The molecule has 0 radical (unpaired) electrons. The van der Waals surface area contributed by atoms with Crippen molar-refractivity contribution in [2.45, 2.75) is 76.0 Å². The minimum absolute atomic E-state index is 0.0583. The van der Waals surface area contributed by atoms with E-state index >= 15 is 0 Å². The van der Waals surface area contributed by atoms with Crippen LogP contribution in [-0.4, -0.2) is 9.02 Å². The molecule has 0 fully saturated rings. The molecule has 0 saturated heterocycles. The molecule has 0 aliphatic rings. The zero-order chi connectivity index (χ0) is 12.4. The van der Waals surface area contributed by atoms with Gasteiger partial charge in [0, 0.05) is 0 Å². The summed E-state index contributed by atoms with van der Waals surface area (Å²) in [6.45, 7) is 4.18. The lowest BCUT2D eigenvalue weighted by molar-refractivity contribution is -0.112. The van der Waals surface area contributed by atoms with Gasteiger partial charge in [0.25, 0.3) is 0 Å². The molecule has 0 spiro atoms. The Morgan fingerprint density at radius 1 is 1.00 bits per heavy atom. The third-order valence-corrected chi connectivity index (χ3v) is 5.07. The molecule has 0 N–H and O–H groups in total. The normalized spacial score (nSPS) is 14.8. The van der Waals surface area contributed by atoms with Crippen molar-refractivity contribution in [3.8, 4) is 0 Å². The molecule has 0 heterocycles. The third kappa shape index (κ3) is 8.74. The van der Waals surface area contributed by atoms with E-state index in [1.165, 1.54) is 44.9 Å². The van der Waals surface area contributed by atoms with Gasteiger partial charge in [-0.05, 0) is 29.3 Å². The van der Waals surface area contributed by atoms with E-state index in [-0.39, 0.29) is 9.02 Å². The van der Waals surface area contributed by atoms with Crippen LogP contribution in [0.3, 0.4) is 0 Å². The fourth-order valence-corrected chi connectivity index (χ4v) is 2.17. The Bertz CT molecular complexity index is 190. The maximum Gasteiger partial charge on any atom is 0.214 e.